The van der Waals surface area contributed by atoms with Crippen LogP contribution in [0.4, 0.5) is 8.78 Å². The molecule has 2 rings (SSSR count). The Balaban J connectivity index is 0.00000420. The summed E-state index contributed by atoms with van der Waals surface area (Å²) in [4.78, 5) is 4.35. The highest BCUT2D eigenvalue weighted by molar-refractivity contribution is 14.0. The van der Waals surface area contributed by atoms with Crippen LogP contribution >= 0.6 is 24.0 Å². The smallest absolute Gasteiger partial charge is 0.191 e. The van der Waals surface area contributed by atoms with Gasteiger partial charge in [0.25, 0.3) is 0 Å². The van der Waals surface area contributed by atoms with E-state index in [4.69, 9.17) is 4.74 Å². The molecule has 0 saturated carbocycles. The maximum atomic E-state index is 13.4. The Morgan fingerprint density at radius 2 is 1.93 bits per heavy atom. The number of benzene rings is 2. The van der Waals surface area contributed by atoms with Gasteiger partial charge in [0.05, 0.1) is 12.6 Å². The van der Waals surface area contributed by atoms with Gasteiger partial charge >= 0.3 is 0 Å². The lowest BCUT2D eigenvalue weighted by molar-refractivity contribution is 0.114. The first-order chi connectivity index (χ1) is 13.4. The fourth-order valence-corrected chi connectivity index (χ4v) is 2.54. The van der Waals surface area contributed by atoms with Gasteiger partial charge in [-0.3, -0.25) is 4.99 Å². The zero-order valence-corrected chi connectivity index (χ0v) is 19.1. The molecule has 8 heteroatoms. The highest BCUT2D eigenvalue weighted by atomic mass is 127. The number of hydrogen-bond acceptors (Lipinski definition) is 3. The fraction of sp³-hybridized carbons (Fsp3) is 0.381. The zero-order chi connectivity index (χ0) is 20.5. The minimum atomic E-state index is -0.892. The van der Waals surface area contributed by atoms with E-state index in [9.17, 15) is 13.9 Å². The van der Waals surface area contributed by atoms with E-state index in [-0.39, 0.29) is 43.2 Å². The lowest BCUT2D eigenvalue weighted by atomic mass is 10.1. The second kappa shape index (κ2) is 12.6. The molecule has 0 aromatic heterocycles. The topological polar surface area (TPSA) is 65.9 Å². The number of halogens is 3. The number of nitrogens with zero attached hydrogens (tertiary/aromatic N) is 1. The largest absolute Gasteiger partial charge is 0.491 e. The molecule has 2 atom stereocenters. The quantitative estimate of drug-likeness (QED) is 0.281. The van der Waals surface area contributed by atoms with Crippen molar-refractivity contribution in [3.63, 3.8) is 0 Å². The number of ether oxygens (including phenoxy) is 1. The van der Waals surface area contributed by atoms with Crippen LogP contribution in [0.3, 0.4) is 0 Å². The third-order valence-corrected chi connectivity index (χ3v) is 4.03. The van der Waals surface area contributed by atoms with Gasteiger partial charge in [0.15, 0.2) is 17.6 Å². The molecule has 0 aliphatic heterocycles. The molecule has 0 aliphatic carbocycles. The molecular weight excluding hydrogens is 491 g/mol. The van der Waals surface area contributed by atoms with Gasteiger partial charge in [-0.2, -0.15) is 0 Å². The third-order valence-electron chi connectivity index (χ3n) is 4.03. The summed E-state index contributed by atoms with van der Waals surface area (Å²) in [7, 11) is 0. The molecule has 3 N–H and O–H groups in total. The summed E-state index contributed by atoms with van der Waals surface area (Å²) in [6.07, 6.45) is -0.783. The fourth-order valence-electron chi connectivity index (χ4n) is 2.54. The van der Waals surface area contributed by atoms with Crippen LogP contribution in [-0.2, 0) is 0 Å². The van der Waals surface area contributed by atoms with E-state index in [0.717, 1.165) is 17.7 Å². The maximum Gasteiger partial charge on any atom is 0.191 e. The molecule has 0 radical (unpaired) electrons. The first kappa shape index (κ1) is 25.1. The van der Waals surface area contributed by atoms with Crippen molar-refractivity contribution >= 4 is 29.9 Å². The molecule has 0 bridgehead atoms. The number of rotatable bonds is 8. The monoisotopic (exact) mass is 519 g/mol. The Kier molecular flexibility index (Phi) is 10.9. The molecule has 2 unspecified atom stereocenters. The second-order valence-corrected chi connectivity index (χ2v) is 6.54. The second-order valence-electron chi connectivity index (χ2n) is 6.54. The summed E-state index contributed by atoms with van der Waals surface area (Å²) < 4.78 is 32.1. The lowest BCUT2D eigenvalue weighted by Crippen LogP contribution is -2.39. The molecule has 0 heterocycles. The van der Waals surface area contributed by atoms with Crippen molar-refractivity contribution in [1.82, 2.24) is 10.6 Å². The van der Waals surface area contributed by atoms with Crippen molar-refractivity contribution in [2.24, 2.45) is 4.99 Å². The average Bonchev–Trinajstić information content (AvgIpc) is 2.66. The van der Waals surface area contributed by atoms with E-state index in [0.29, 0.717) is 23.8 Å². The number of aliphatic hydroxyl groups excluding tert-OH is 1. The summed E-state index contributed by atoms with van der Waals surface area (Å²) in [5.74, 6) is -0.612. The number of guanidine groups is 1. The Morgan fingerprint density at radius 1 is 1.17 bits per heavy atom. The van der Waals surface area contributed by atoms with Gasteiger partial charge in [-0.1, -0.05) is 18.2 Å². The number of aryl methyl sites for hydroxylation is 1. The molecule has 0 saturated heterocycles. The van der Waals surface area contributed by atoms with Crippen LogP contribution in [0.5, 0.6) is 5.75 Å². The van der Waals surface area contributed by atoms with E-state index in [1.165, 1.54) is 6.07 Å². The van der Waals surface area contributed by atoms with Crippen LogP contribution < -0.4 is 15.4 Å². The van der Waals surface area contributed by atoms with E-state index in [2.05, 4.69) is 15.6 Å². The minimum Gasteiger partial charge on any atom is -0.491 e. The summed E-state index contributed by atoms with van der Waals surface area (Å²) in [5.41, 5.74) is 1.67. The highest BCUT2D eigenvalue weighted by Crippen LogP contribution is 2.16. The van der Waals surface area contributed by atoms with Crippen LogP contribution in [0.2, 0.25) is 0 Å². The van der Waals surface area contributed by atoms with E-state index in [1.54, 1.807) is 0 Å². The van der Waals surface area contributed by atoms with Gasteiger partial charge in [0.2, 0.25) is 0 Å². The van der Waals surface area contributed by atoms with Crippen molar-refractivity contribution in [3.05, 3.63) is 65.2 Å². The van der Waals surface area contributed by atoms with E-state index < -0.39 is 17.7 Å². The normalized spacial score (nSPS) is 13.2. The van der Waals surface area contributed by atoms with Crippen LogP contribution in [0.15, 0.2) is 47.5 Å². The molecule has 29 heavy (non-hydrogen) atoms. The summed E-state index contributed by atoms with van der Waals surface area (Å²) >= 11 is 0. The van der Waals surface area contributed by atoms with Gasteiger partial charge in [-0.05, 0) is 56.2 Å². The molecule has 0 amide bonds. The van der Waals surface area contributed by atoms with Gasteiger partial charge in [0, 0.05) is 6.54 Å². The number of aliphatic imine (C=N–C) groups is 1. The van der Waals surface area contributed by atoms with Crippen molar-refractivity contribution in [1.29, 1.82) is 0 Å². The predicted octanol–water partition coefficient (Wildman–Crippen LogP) is 3.95. The van der Waals surface area contributed by atoms with Crippen LogP contribution in [0, 0.1) is 18.6 Å². The summed E-state index contributed by atoms with van der Waals surface area (Å²) in [6.45, 7) is 6.56. The molecular formula is C21H28F2IN3O2. The van der Waals surface area contributed by atoms with Crippen LogP contribution in [0.1, 0.15) is 31.0 Å². The van der Waals surface area contributed by atoms with Gasteiger partial charge < -0.3 is 20.5 Å². The Hall–Kier alpha value is -1.94. The maximum absolute atomic E-state index is 13.4. The molecule has 0 spiro atoms. The van der Waals surface area contributed by atoms with Gasteiger partial charge in [-0.25, -0.2) is 8.78 Å². The zero-order valence-electron chi connectivity index (χ0n) is 16.8. The van der Waals surface area contributed by atoms with Crippen molar-refractivity contribution in [2.45, 2.75) is 32.9 Å². The number of hydrogen-bond donors (Lipinski definition) is 3. The summed E-state index contributed by atoms with van der Waals surface area (Å²) in [6, 6.07) is 11.1. The Labute approximate surface area is 187 Å². The van der Waals surface area contributed by atoms with Crippen LogP contribution in [-0.4, -0.2) is 36.9 Å². The lowest BCUT2D eigenvalue weighted by Gasteiger charge is -2.19. The first-order valence-electron chi connectivity index (χ1n) is 9.26. The SMILES string of the molecule is CCNC(=NCC(O)COc1cccc(C)c1)NC(C)c1ccc(F)c(F)c1.I. The van der Waals surface area contributed by atoms with Crippen LogP contribution in [0.25, 0.3) is 0 Å². The molecule has 2 aromatic rings. The van der Waals surface area contributed by atoms with Crippen molar-refractivity contribution in [3.8, 4) is 5.75 Å². The molecule has 0 fully saturated rings. The van der Waals surface area contributed by atoms with E-state index in [1.807, 2.05) is 45.0 Å². The number of nitrogens with one attached hydrogen (secondary N) is 2. The van der Waals surface area contributed by atoms with Crippen molar-refractivity contribution < 1.29 is 18.6 Å². The van der Waals surface area contributed by atoms with Gasteiger partial charge in [-0.15, -0.1) is 24.0 Å². The first-order valence-corrected chi connectivity index (χ1v) is 9.26. The Bertz CT molecular complexity index is 805. The highest BCUT2D eigenvalue weighted by Gasteiger charge is 2.12. The molecule has 160 valence electrons. The van der Waals surface area contributed by atoms with E-state index >= 15 is 0 Å². The Morgan fingerprint density at radius 3 is 2.59 bits per heavy atom. The summed E-state index contributed by atoms with van der Waals surface area (Å²) in [5, 5.41) is 16.3. The molecule has 2 aromatic carbocycles. The number of aliphatic hydroxyl groups is 1. The minimum absolute atomic E-state index is 0. The third kappa shape index (κ3) is 8.53. The molecule has 0 aliphatic rings. The van der Waals surface area contributed by atoms with Crippen molar-refractivity contribution in [2.75, 3.05) is 19.7 Å². The predicted molar refractivity (Wildman–Crippen MR) is 122 cm³/mol. The standard InChI is InChI=1S/C21H27F2N3O2.HI/c1-4-24-21(26-15(3)16-8-9-19(22)20(23)11-16)25-12-17(27)13-28-18-7-5-6-14(2)10-18;/h5-11,15,17,27H,4,12-13H2,1-3H3,(H2,24,25,26);1H. The van der Waals surface area contributed by atoms with Gasteiger partial charge in [0.1, 0.15) is 18.5 Å². The average molecular weight is 519 g/mol. The molecule has 5 nitrogen and oxygen atoms in total.